The van der Waals surface area contributed by atoms with Gasteiger partial charge in [0.1, 0.15) is 0 Å². The van der Waals surface area contributed by atoms with Crippen LogP contribution < -0.4 is 5.32 Å². The fraction of sp³-hybridized carbons (Fsp3) is 0.857. The number of carbonyl (C=O) groups is 1. The molecule has 0 spiro atoms. The van der Waals surface area contributed by atoms with E-state index in [2.05, 4.69) is 5.32 Å². The average molecular weight is 194 g/mol. The molecule has 0 saturated carbocycles. The minimum Gasteiger partial charge on any atom is -0.331 e. The molecule has 1 heterocycles. The predicted molar refractivity (Wildman–Crippen MR) is 50.8 cm³/mol. The molecule has 12 heavy (non-hydrogen) atoms. The lowest BCUT2D eigenvalue weighted by Crippen LogP contribution is -2.49. The number of piperazine rings is 1. The average Bonchev–Trinajstić information content (AvgIpc) is 2.05. The zero-order chi connectivity index (χ0) is 8.27. The maximum Gasteiger partial charge on any atom is 0.319 e. The van der Waals surface area contributed by atoms with E-state index in [0.717, 1.165) is 26.2 Å². The maximum absolute atomic E-state index is 11.3. The monoisotopic (exact) mass is 193 g/mol. The molecule has 0 aliphatic carbocycles. The highest BCUT2D eigenvalue weighted by molar-refractivity contribution is 5.85. The van der Waals surface area contributed by atoms with E-state index in [1.54, 1.807) is 19.0 Å². The summed E-state index contributed by atoms with van der Waals surface area (Å²) in [6.45, 7) is 3.49. The lowest BCUT2D eigenvalue weighted by molar-refractivity contribution is 0.164. The minimum absolute atomic E-state index is 0. The van der Waals surface area contributed by atoms with Crippen LogP contribution in [0.2, 0.25) is 0 Å². The highest BCUT2D eigenvalue weighted by Crippen LogP contribution is 1.96. The molecule has 2 amide bonds. The van der Waals surface area contributed by atoms with Gasteiger partial charge in [-0.1, -0.05) is 0 Å². The van der Waals surface area contributed by atoms with Crippen LogP contribution in [0.1, 0.15) is 0 Å². The van der Waals surface area contributed by atoms with Crippen LogP contribution in [0.4, 0.5) is 4.79 Å². The Morgan fingerprint density at radius 3 is 2.25 bits per heavy atom. The second kappa shape index (κ2) is 5.22. The van der Waals surface area contributed by atoms with Gasteiger partial charge in [0.2, 0.25) is 0 Å². The quantitative estimate of drug-likeness (QED) is 0.588. The molecule has 1 N–H and O–H groups in total. The van der Waals surface area contributed by atoms with Crippen molar-refractivity contribution in [3.63, 3.8) is 0 Å². The second-order valence-electron chi connectivity index (χ2n) is 2.91. The molecule has 1 saturated heterocycles. The fourth-order valence-corrected chi connectivity index (χ4v) is 1.14. The fourth-order valence-electron chi connectivity index (χ4n) is 1.14. The number of nitrogens with zero attached hydrogens (tertiary/aromatic N) is 2. The van der Waals surface area contributed by atoms with E-state index in [1.807, 2.05) is 4.90 Å². The van der Waals surface area contributed by atoms with Crippen LogP contribution in [0.3, 0.4) is 0 Å². The zero-order valence-corrected chi connectivity index (χ0v) is 8.36. The van der Waals surface area contributed by atoms with Crippen molar-refractivity contribution >= 4 is 18.4 Å². The smallest absolute Gasteiger partial charge is 0.319 e. The SMILES string of the molecule is CN(C)C(=O)N1CCNCC1.Cl. The third-order valence-electron chi connectivity index (χ3n) is 1.77. The third kappa shape index (κ3) is 2.87. The Morgan fingerprint density at radius 2 is 1.83 bits per heavy atom. The zero-order valence-electron chi connectivity index (χ0n) is 7.54. The molecule has 1 aliphatic heterocycles. The normalized spacial score (nSPS) is 16.7. The Morgan fingerprint density at radius 1 is 1.33 bits per heavy atom. The van der Waals surface area contributed by atoms with E-state index in [9.17, 15) is 4.79 Å². The number of amides is 2. The van der Waals surface area contributed by atoms with E-state index in [4.69, 9.17) is 0 Å². The molecule has 0 unspecified atom stereocenters. The van der Waals surface area contributed by atoms with E-state index in [-0.39, 0.29) is 18.4 Å². The van der Waals surface area contributed by atoms with Crippen molar-refractivity contribution in [1.29, 1.82) is 0 Å². The van der Waals surface area contributed by atoms with Gasteiger partial charge in [-0.05, 0) is 0 Å². The van der Waals surface area contributed by atoms with E-state index < -0.39 is 0 Å². The molecule has 0 bridgehead atoms. The first-order valence-corrected chi connectivity index (χ1v) is 3.89. The van der Waals surface area contributed by atoms with Gasteiger partial charge in [0.25, 0.3) is 0 Å². The molecule has 0 aromatic carbocycles. The van der Waals surface area contributed by atoms with Crippen LogP contribution >= 0.6 is 12.4 Å². The summed E-state index contributed by atoms with van der Waals surface area (Å²) >= 11 is 0. The molecule has 5 heteroatoms. The van der Waals surface area contributed by atoms with Crippen LogP contribution in [-0.4, -0.2) is 56.1 Å². The summed E-state index contributed by atoms with van der Waals surface area (Å²) in [5.74, 6) is 0. The van der Waals surface area contributed by atoms with Gasteiger partial charge in [-0.2, -0.15) is 0 Å². The molecule has 72 valence electrons. The Labute approximate surface area is 79.3 Å². The summed E-state index contributed by atoms with van der Waals surface area (Å²) in [6, 6.07) is 0.117. The van der Waals surface area contributed by atoms with E-state index in [0.29, 0.717) is 0 Å². The molecule has 1 rings (SSSR count). The van der Waals surface area contributed by atoms with Crippen LogP contribution in [0.15, 0.2) is 0 Å². The van der Waals surface area contributed by atoms with Gasteiger partial charge in [-0.15, -0.1) is 12.4 Å². The molecule has 1 fully saturated rings. The highest BCUT2D eigenvalue weighted by Gasteiger charge is 2.16. The first kappa shape index (κ1) is 11.5. The summed E-state index contributed by atoms with van der Waals surface area (Å²) in [4.78, 5) is 14.8. The van der Waals surface area contributed by atoms with Crippen molar-refractivity contribution < 1.29 is 4.79 Å². The molecule has 0 radical (unpaired) electrons. The number of carbonyl (C=O) groups excluding carboxylic acids is 1. The number of rotatable bonds is 0. The van der Waals surface area contributed by atoms with Crippen molar-refractivity contribution in [2.24, 2.45) is 0 Å². The summed E-state index contributed by atoms with van der Waals surface area (Å²) in [5.41, 5.74) is 0. The van der Waals surface area contributed by atoms with E-state index >= 15 is 0 Å². The summed E-state index contributed by atoms with van der Waals surface area (Å²) in [5, 5.41) is 3.20. The largest absolute Gasteiger partial charge is 0.331 e. The van der Waals surface area contributed by atoms with Crippen molar-refractivity contribution in [2.75, 3.05) is 40.3 Å². The predicted octanol–water partition coefficient (Wildman–Crippen LogP) is -0.00500. The number of urea groups is 1. The van der Waals surface area contributed by atoms with Crippen LogP contribution in [0, 0.1) is 0 Å². The van der Waals surface area contributed by atoms with Gasteiger partial charge in [0, 0.05) is 40.3 Å². The first-order valence-electron chi connectivity index (χ1n) is 3.89. The molecule has 1 aliphatic rings. The maximum atomic E-state index is 11.3. The second-order valence-corrected chi connectivity index (χ2v) is 2.91. The summed E-state index contributed by atoms with van der Waals surface area (Å²) < 4.78 is 0. The number of hydrogen-bond acceptors (Lipinski definition) is 2. The lowest BCUT2D eigenvalue weighted by atomic mass is 10.4. The Balaban J connectivity index is 0.00000121. The van der Waals surface area contributed by atoms with Gasteiger partial charge in [0.05, 0.1) is 0 Å². The van der Waals surface area contributed by atoms with E-state index in [1.165, 1.54) is 0 Å². The molecular weight excluding hydrogens is 178 g/mol. The van der Waals surface area contributed by atoms with Gasteiger partial charge in [0.15, 0.2) is 0 Å². The molecule has 0 aromatic rings. The number of halogens is 1. The number of hydrogen-bond donors (Lipinski definition) is 1. The highest BCUT2D eigenvalue weighted by atomic mass is 35.5. The topological polar surface area (TPSA) is 35.6 Å². The van der Waals surface area contributed by atoms with Crippen molar-refractivity contribution in [3.8, 4) is 0 Å². The third-order valence-corrected chi connectivity index (χ3v) is 1.77. The van der Waals surface area contributed by atoms with Gasteiger partial charge < -0.3 is 15.1 Å². The van der Waals surface area contributed by atoms with Crippen LogP contribution in [-0.2, 0) is 0 Å². The molecule has 0 aromatic heterocycles. The van der Waals surface area contributed by atoms with Crippen molar-refractivity contribution in [3.05, 3.63) is 0 Å². The summed E-state index contributed by atoms with van der Waals surface area (Å²) in [6.07, 6.45) is 0. The first-order chi connectivity index (χ1) is 5.22. The lowest BCUT2D eigenvalue weighted by Gasteiger charge is -2.29. The minimum atomic E-state index is 0. The number of nitrogens with one attached hydrogen (secondary N) is 1. The molecular formula is C7H16ClN3O. The van der Waals surface area contributed by atoms with Gasteiger partial charge in [-0.3, -0.25) is 0 Å². The van der Waals surface area contributed by atoms with Gasteiger partial charge >= 0.3 is 6.03 Å². The Bertz CT molecular complexity index is 146. The van der Waals surface area contributed by atoms with Crippen molar-refractivity contribution in [2.45, 2.75) is 0 Å². The van der Waals surface area contributed by atoms with Gasteiger partial charge in [-0.25, -0.2) is 4.79 Å². The Kier molecular flexibility index (Phi) is 5.01. The van der Waals surface area contributed by atoms with Crippen LogP contribution in [0.25, 0.3) is 0 Å². The molecule has 0 atom stereocenters. The Hall–Kier alpha value is -0.480. The van der Waals surface area contributed by atoms with Crippen LogP contribution in [0.5, 0.6) is 0 Å². The summed E-state index contributed by atoms with van der Waals surface area (Å²) in [7, 11) is 3.56. The molecule has 4 nitrogen and oxygen atoms in total. The van der Waals surface area contributed by atoms with Crippen molar-refractivity contribution in [1.82, 2.24) is 15.1 Å². The standard InChI is InChI=1S/C7H15N3O.ClH/c1-9(2)7(11)10-5-3-8-4-6-10;/h8H,3-6H2,1-2H3;1H.